The summed E-state index contributed by atoms with van der Waals surface area (Å²) in [5.41, 5.74) is 6.23. The van der Waals surface area contributed by atoms with Gasteiger partial charge in [0.2, 0.25) is 0 Å². The molecule has 1 aliphatic heterocycles. The lowest BCUT2D eigenvalue weighted by Gasteiger charge is -2.27. The normalized spacial score (nSPS) is 18.2. The van der Waals surface area contributed by atoms with Gasteiger partial charge in [0.05, 0.1) is 0 Å². The van der Waals surface area contributed by atoms with Gasteiger partial charge in [0, 0.05) is 25.5 Å². The lowest BCUT2D eigenvalue weighted by molar-refractivity contribution is 0.197. The lowest BCUT2D eigenvalue weighted by Crippen LogP contribution is -2.42. The number of amides is 2. The number of nitrogens with one attached hydrogen (secondary N) is 1. The average molecular weight is 220 g/mol. The van der Waals surface area contributed by atoms with Crippen LogP contribution in [0.2, 0.25) is 0 Å². The number of likely N-dealkylation sites (tertiary alicyclic amines) is 1. The average Bonchev–Trinajstić information content (AvgIpc) is 2.80. The van der Waals surface area contributed by atoms with E-state index in [0.29, 0.717) is 0 Å². The zero-order valence-corrected chi connectivity index (χ0v) is 9.10. The predicted octanol–water partition coefficient (Wildman–Crippen LogP) is 0.844. The number of rotatable bonds is 3. The van der Waals surface area contributed by atoms with Crippen LogP contribution in [0.5, 0.6) is 0 Å². The van der Waals surface area contributed by atoms with Crippen LogP contribution in [0.25, 0.3) is 0 Å². The number of urea groups is 1. The van der Waals surface area contributed by atoms with Crippen LogP contribution in [0.4, 0.5) is 4.79 Å². The molecule has 2 rings (SSSR count). The van der Waals surface area contributed by atoms with Gasteiger partial charge in [-0.05, 0) is 30.5 Å². The van der Waals surface area contributed by atoms with Crippen LogP contribution < -0.4 is 11.1 Å². The Hall–Kier alpha value is -1.62. The van der Waals surface area contributed by atoms with Gasteiger partial charge in [-0.2, -0.15) is 0 Å². The summed E-state index contributed by atoms with van der Waals surface area (Å²) in [4.78, 5) is 17.2. The first-order valence-electron chi connectivity index (χ1n) is 5.47. The fourth-order valence-corrected chi connectivity index (χ4v) is 2.07. The van der Waals surface area contributed by atoms with E-state index in [2.05, 4.69) is 15.2 Å². The number of aromatic nitrogens is 1. The Morgan fingerprint density at radius 1 is 1.38 bits per heavy atom. The van der Waals surface area contributed by atoms with Crippen molar-refractivity contribution in [2.75, 3.05) is 13.1 Å². The summed E-state index contributed by atoms with van der Waals surface area (Å²) in [7, 11) is 0. The van der Waals surface area contributed by atoms with Crippen LogP contribution in [0.1, 0.15) is 24.6 Å². The molecule has 1 aromatic rings. The number of carbonyl (C=O) groups is 1. The third-order valence-electron chi connectivity index (χ3n) is 2.81. The van der Waals surface area contributed by atoms with Crippen molar-refractivity contribution in [1.29, 1.82) is 0 Å². The van der Waals surface area contributed by atoms with Crippen molar-refractivity contribution in [3.63, 3.8) is 0 Å². The Labute approximate surface area is 94.6 Å². The second-order valence-corrected chi connectivity index (χ2v) is 3.93. The van der Waals surface area contributed by atoms with Crippen LogP contribution in [0.15, 0.2) is 24.5 Å². The number of hydrogen-bond acceptors (Lipinski definition) is 3. The zero-order chi connectivity index (χ0) is 11.4. The summed E-state index contributed by atoms with van der Waals surface area (Å²) in [5, 5.41) is 2.78. The summed E-state index contributed by atoms with van der Waals surface area (Å²) in [6, 6.07) is 3.31. The first kappa shape index (κ1) is 10.9. The molecule has 2 heterocycles. The van der Waals surface area contributed by atoms with Crippen LogP contribution in [-0.2, 0) is 0 Å². The van der Waals surface area contributed by atoms with Crippen molar-refractivity contribution < 1.29 is 4.79 Å². The largest absolute Gasteiger partial charge is 0.352 e. The summed E-state index contributed by atoms with van der Waals surface area (Å²) in [5.74, 6) is 0. The SMILES string of the molecule is NC(=O)NC(c1ccncc1)N1CCCC1. The van der Waals surface area contributed by atoms with Crippen molar-refractivity contribution in [3.8, 4) is 0 Å². The van der Waals surface area contributed by atoms with Gasteiger partial charge in [0.25, 0.3) is 0 Å². The van der Waals surface area contributed by atoms with Gasteiger partial charge in [0.1, 0.15) is 6.17 Å². The number of nitrogens with two attached hydrogens (primary N) is 1. The Morgan fingerprint density at radius 3 is 2.56 bits per heavy atom. The maximum Gasteiger partial charge on any atom is 0.313 e. The van der Waals surface area contributed by atoms with E-state index >= 15 is 0 Å². The number of pyridine rings is 1. The molecule has 1 atom stereocenters. The molecule has 0 aliphatic carbocycles. The van der Waals surface area contributed by atoms with Gasteiger partial charge >= 0.3 is 6.03 Å². The molecule has 0 aromatic carbocycles. The van der Waals surface area contributed by atoms with Crippen molar-refractivity contribution in [3.05, 3.63) is 30.1 Å². The highest BCUT2D eigenvalue weighted by atomic mass is 16.2. The molecule has 86 valence electrons. The predicted molar refractivity (Wildman–Crippen MR) is 60.5 cm³/mol. The molecular formula is C11H16N4O. The van der Waals surface area contributed by atoms with Crippen molar-refractivity contribution in [1.82, 2.24) is 15.2 Å². The third kappa shape index (κ3) is 2.49. The molecule has 0 saturated carbocycles. The summed E-state index contributed by atoms with van der Waals surface area (Å²) >= 11 is 0. The summed E-state index contributed by atoms with van der Waals surface area (Å²) in [6.45, 7) is 1.99. The van der Waals surface area contributed by atoms with Gasteiger partial charge in [-0.25, -0.2) is 4.79 Å². The smallest absolute Gasteiger partial charge is 0.313 e. The van der Waals surface area contributed by atoms with Crippen LogP contribution in [-0.4, -0.2) is 29.0 Å². The number of primary amides is 1. The first-order chi connectivity index (χ1) is 7.77. The van der Waals surface area contributed by atoms with E-state index in [0.717, 1.165) is 18.7 Å². The topological polar surface area (TPSA) is 71.2 Å². The standard InChI is InChI=1S/C11H16N4O/c12-11(16)14-10(15-7-1-2-8-15)9-3-5-13-6-4-9/h3-6,10H,1-2,7-8H2,(H3,12,14,16). The molecule has 1 aliphatic rings. The fourth-order valence-electron chi connectivity index (χ4n) is 2.07. The highest BCUT2D eigenvalue weighted by Gasteiger charge is 2.23. The summed E-state index contributed by atoms with van der Waals surface area (Å²) in [6.07, 6.45) is 5.66. The molecule has 2 amide bonds. The molecule has 16 heavy (non-hydrogen) atoms. The minimum Gasteiger partial charge on any atom is -0.352 e. The van der Waals surface area contributed by atoms with Crippen LogP contribution in [0.3, 0.4) is 0 Å². The molecule has 0 spiro atoms. The van der Waals surface area contributed by atoms with Crippen molar-refractivity contribution >= 4 is 6.03 Å². The minimum absolute atomic E-state index is 0.122. The molecule has 3 N–H and O–H groups in total. The summed E-state index contributed by atoms with van der Waals surface area (Å²) < 4.78 is 0. The molecule has 1 aromatic heterocycles. The molecule has 0 bridgehead atoms. The van der Waals surface area contributed by atoms with E-state index in [1.807, 2.05) is 12.1 Å². The first-order valence-corrected chi connectivity index (χ1v) is 5.47. The van der Waals surface area contributed by atoms with Crippen LogP contribution in [0, 0.1) is 0 Å². The molecule has 1 saturated heterocycles. The van der Waals surface area contributed by atoms with Gasteiger partial charge in [-0.1, -0.05) is 0 Å². The maximum absolute atomic E-state index is 11.0. The monoisotopic (exact) mass is 220 g/mol. The van der Waals surface area contributed by atoms with E-state index < -0.39 is 6.03 Å². The van der Waals surface area contributed by atoms with Gasteiger partial charge in [-0.15, -0.1) is 0 Å². The fraction of sp³-hybridized carbons (Fsp3) is 0.455. The molecule has 1 unspecified atom stereocenters. The highest BCUT2D eigenvalue weighted by molar-refractivity contribution is 5.72. The Kier molecular flexibility index (Phi) is 3.36. The van der Waals surface area contributed by atoms with Crippen LogP contribution >= 0.6 is 0 Å². The van der Waals surface area contributed by atoms with Crippen molar-refractivity contribution in [2.45, 2.75) is 19.0 Å². The minimum atomic E-state index is -0.492. The Bertz CT molecular complexity index is 348. The molecule has 5 heteroatoms. The number of carbonyl (C=O) groups excluding carboxylic acids is 1. The van der Waals surface area contributed by atoms with Gasteiger partial charge in [0.15, 0.2) is 0 Å². The highest BCUT2D eigenvalue weighted by Crippen LogP contribution is 2.21. The second-order valence-electron chi connectivity index (χ2n) is 3.93. The van der Waals surface area contributed by atoms with Gasteiger partial charge in [-0.3, -0.25) is 9.88 Å². The molecule has 1 fully saturated rings. The van der Waals surface area contributed by atoms with E-state index in [9.17, 15) is 4.79 Å². The number of hydrogen-bond donors (Lipinski definition) is 2. The Balaban J connectivity index is 2.16. The number of nitrogens with zero attached hydrogens (tertiary/aromatic N) is 2. The van der Waals surface area contributed by atoms with Gasteiger partial charge < -0.3 is 11.1 Å². The van der Waals surface area contributed by atoms with E-state index in [1.54, 1.807) is 12.4 Å². The maximum atomic E-state index is 11.0. The van der Waals surface area contributed by atoms with E-state index in [-0.39, 0.29) is 6.17 Å². The molecular weight excluding hydrogens is 204 g/mol. The lowest BCUT2D eigenvalue weighted by atomic mass is 10.2. The quantitative estimate of drug-likeness (QED) is 0.793. The molecule has 0 radical (unpaired) electrons. The van der Waals surface area contributed by atoms with E-state index in [4.69, 9.17) is 5.73 Å². The Morgan fingerprint density at radius 2 is 2.00 bits per heavy atom. The zero-order valence-electron chi connectivity index (χ0n) is 9.10. The second kappa shape index (κ2) is 4.94. The third-order valence-corrected chi connectivity index (χ3v) is 2.81. The van der Waals surface area contributed by atoms with E-state index in [1.165, 1.54) is 12.8 Å². The molecule has 5 nitrogen and oxygen atoms in total. The van der Waals surface area contributed by atoms with Crippen molar-refractivity contribution in [2.24, 2.45) is 5.73 Å².